The van der Waals surface area contributed by atoms with Gasteiger partial charge in [0.1, 0.15) is 0 Å². The Morgan fingerprint density at radius 2 is 1.56 bits per heavy atom. The molecule has 2 atom stereocenters. The van der Waals surface area contributed by atoms with Gasteiger partial charge in [-0.15, -0.1) is 0 Å². The molecule has 0 spiro atoms. The van der Waals surface area contributed by atoms with Crippen LogP contribution in [0.15, 0.2) is 30.3 Å². The fourth-order valence-electron chi connectivity index (χ4n) is 5.13. The quantitative estimate of drug-likeness (QED) is 0.359. The molecule has 2 heterocycles. The van der Waals surface area contributed by atoms with Gasteiger partial charge in [0.15, 0.2) is 0 Å². The van der Waals surface area contributed by atoms with Crippen LogP contribution in [-0.4, -0.2) is 76.5 Å². The minimum Gasteiger partial charge on any atom is -0.475 e. The number of nitro benzene ring substituents is 1. The number of alkyl halides is 3. The first kappa shape index (κ1) is 31.8. The number of nitrogens with zero attached hydrogens (tertiary/aromatic N) is 3. The molecular formula is C27H30ClF3N4O6. The second-order valence-corrected chi connectivity index (χ2v) is 10.7. The van der Waals surface area contributed by atoms with Crippen LogP contribution in [0.3, 0.4) is 0 Å². The summed E-state index contributed by atoms with van der Waals surface area (Å²) in [4.78, 5) is 49.3. The van der Waals surface area contributed by atoms with E-state index in [0.29, 0.717) is 65.3 Å². The predicted octanol–water partition coefficient (Wildman–Crippen LogP) is 4.84. The molecule has 2 N–H and O–H groups in total. The molecule has 2 unspecified atom stereocenters. The Morgan fingerprint density at radius 1 is 1.02 bits per heavy atom. The average Bonchev–Trinajstić information content (AvgIpc) is 3.43. The van der Waals surface area contributed by atoms with Crippen LogP contribution in [0.2, 0.25) is 5.02 Å². The SMILES string of the molecule is Cc1ccc(NC(=O)CCN2CC3CN(C(=O)c4c(C)cc([N+](=O)[O-])cc4C)CC3C2)cc1Cl.O=C(O)C(F)(F)F. The van der Waals surface area contributed by atoms with E-state index in [9.17, 15) is 32.9 Å². The fourth-order valence-corrected chi connectivity index (χ4v) is 5.31. The third-order valence-corrected chi connectivity index (χ3v) is 7.55. The number of carbonyl (C=O) groups is 3. The van der Waals surface area contributed by atoms with Crippen molar-refractivity contribution < 1.29 is 37.6 Å². The molecule has 2 aliphatic rings. The first-order valence-corrected chi connectivity index (χ1v) is 13.1. The van der Waals surface area contributed by atoms with Crippen molar-refractivity contribution in [1.29, 1.82) is 0 Å². The van der Waals surface area contributed by atoms with Crippen LogP contribution in [0, 0.1) is 42.7 Å². The number of benzene rings is 2. The molecule has 0 radical (unpaired) electrons. The molecule has 2 saturated heterocycles. The average molecular weight is 599 g/mol. The van der Waals surface area contributed by atoms with Crippen LogP contribution >= 0.6 is 11.6 Å². The van der Waals surface area contributed by atoms with Crippen molar-refractivity contribution in [1.82, 2.24) is 9.80 Å². The standard InChI is InChI=1S/C25H29ClN4O4.C2HF3O2/c1-15-4-5-20(10-22(15)26)27-23(31)6-7-28-11-18-13-29(14-19(18)12-28)25(32)24-16(2)8-21(30(33)34)9-17(24)3;3-2(4,5)1(6)7/h4-5,8-10,18-19H,6-7,11-14H2,1-3H3,(H,27,31);(H,6,7). The van der Waals surface area contributed by atoms with Crippen LogP contribution in [0.5, 0.6) is 0 Å². The molecule has 222 valence electrons. The normalized spacial score (nSPS) is 18.4. The van der Waals surface area contributed by atoms with E-state index < -0.39 is 17.1 Å². The summed E-state index contributed by atoms with van der Waals surface area (Å²) in [6.45, 7) is 9.15. The van der Waals surface area contributed by atoms with Gasteiger partial charge < -0.3 is 20.2 Å². The summed E-state index contributed by atoms with van der Waals surface area (Å²) in [7, 11) is 0. The van der Waals surface area contributed by atoms with Gasteiger partial charge >= 0.3 is 12.1 Å². The number of non-ortho nitro benzene ring substituents is 1. The lowest BCUT2D eigenvalue weighted by atomic mass is 10.0. The number of hydrogen-bond donors (Lipinski definition) is 2. The zero-order chi connectivity index (χ0) is 30.6. The van der Waals surface area contributed by atoms with Gasteiger partial charge in [0.05, 0.1) is 4.92 Å². The van der Waals surface area contributed by atoms with Crippen molar-refractivity contribution in [2.24, 2.45) is 11.8 Å². The molecule has 2 aliphatic heterocycles. The molecule has 2 aromatic rings. The van der Waals surface area contributed by atoms with Gasteiger partial charge in [0.25, 0.3) is 11.6 Å². The van der Waals surface area contributed by atoms with Gasteiger partial charge in [0, 0.05) is 67.6 Å². The smallest absolute Gasteiger partial charge is 0.475 e. The summed E-state index contributed by atoms with van der Waals surface area (Å²) in [5, 5.41) is 21.7. The van der Waals surface area contributed by atoms with E-state index in [2.05, 4.69) is 10.2 Å². The maximum atomic E-state index is 13.2. The maximum Gasteiger partial charge on any atom is 0.490 e. The summed E-state index contributed by atoms with van der Waals surface area (Å²) in [5.74, 6) is -2.10. The molecule has 14 heteroatoms. The molecule has 0 aromatic heterocycles. The highest BCUT2D eigenvalue weighted by atomic mass is 35.5. The second-order valence-electron chi connectivity index (χ2n) is 10.3. The number of likely N-dealkylation sites (tertiary alicyclic amines) is 2. The highest BCUT2D eigenvalue weighted by Gasteiger charge is 2.42. The van der Waals surface area contributed by atoms with Gasteiger partial charge in [-0.3, -0.25) is 19.7 Å². The molecule has 0 aliphatic carbocycles. The van der Waals surface area contributed by atoms with Gasteiger partial charge in [-0.2, -0.15) is 13.2 Å². The molecular weight excluding hydrogens is 569 g/mol. The van der Waals surface area contributed by atoms with Crippen molar-refractivity contribution in [2.45, 2.75) is 33.4 Å². The van der Waals surface area contributed by atoms with Gasteiger partial charge in [-0.1, -0.05) is 17.7 Å². The summed E-state index contributed by atoms with van der Waals surface area (Å²) in [5.41, 5.74) is 3.51. The summed E-state index contributed by atoms with van der Waals surface area (Å²) >= 11 is 6.13. The fraction of sp³-hybridized carbons (Fsp3) is 0.444. The van der Waals surface area contributed by atoms with Crippen molar-refractivity contribution in [3.8, 4) is 0 Å². The first-order valence-electron chi connectivity index (χ1n) is 12.7. The summed E-state index contributed by atoms with van der Waals surface area (Å²) in [6.07, 6.45) is -4.69. The monoisotopic (exact) mass is 598 g/mol. The lowest BCUT2D eigenvalue weighted by molar-refractivity contribution is -0.385. The highest BCUT2D eigenvalue weighted by Crippen LogP contribution is 2.33. The van der Waals surface area contributed by atoms with E-state index in [1.54, 1.807) is 19.9 Å². The minimum atomic E-state index is -5.08. The molecule has 2 amide bonds. The molecule has 0 saturated carbocycles. The zero-order valence-corrected chi connectivity index (χ0v) is 23.4. The van der Waals surface area contributed by atoms with Crippen LogP contribution in [-0.2, 0) is 9.59 Å². The largest absolute Gasteiger partial charge is 0.490 e. The van der Waals surface area contributed by atoms with Gasteiger partial charge in [0.2, 0.25) is 5.91 Å². The Hall–Kier alpha value is -3.71. The van der Waals surface area contributed by atoms with Gasteiger partial charge in [-0.25, -0.2) is 4.79 Å². The number of nitro groups is 1. The van der Waals surface area contributed by atoms with Crippen molar-refractivity contribution >= 4 is 40.8 Å². The number of carbonyl (C=O) groups excluding carboxylic acids is 2. The number of anilines is 1. The Morgan fingerprint density at radius 3 is 2.02 bits per heavy atom. The number of amides is 2. The van der Waals surface area contributed by atoms with E-state index >= 15 is 0 Å². The number of carboxylic acid groups (broad SMARTS) is 1. The Labute approximate surface area is 239 Å². The first-order chi connectivity index (χ1) is 19.1. The third-order valence-electron chi connectivity index (χ3n) is 7.14. The Bertz CT molecular complexity index is 1320. The number of hydrogen-bond acceptors (Lipinski definition) is 6. The maximum absolute atomic E-state index is 13.2. The van der Waals surface area contributed by atoms with Crippen molar-refractivity contribution in [3.05, 3.63) is 67.7 Å². The van der Waals surface area contributed by atoms with Crippen LogP contribution in [0.4, 0.5) is 24.5 Å². The number of fused-ring (bicyclic) bond motifs is 1. The van der Waals surface area contributed by atoms with Crippen LogP contribution in [0.25, 0.3) is 0 Å². The number of aliphatic carboxylic acids is 1. The minimum absolute atomic E-state index is 0.00926. The number of rotatable bonds is 6. The highest BCUT2D eigenvalue weighted by molar-refractivity contribution is 6.31. The summed E-state index contributed by atoms with van der Waals surface area (Å²) < 4.78 is 31.7. The number of aryl methyl sites for hydroxylation is 3. The number of nitrogens with one attached hydrogen (secondary N) is 1. The number of carboxylic acids is 1. The van der Waals surface area contributed by atoms with E-state index in [-0.39, 0.29) is 17.5 Å². The van der Waals surface area contributed by atoms with E-state index in [1.165, 1.54) is 12.1 Å². The molecule has 2 fully saturated rings. The second kappa shape index (κ2) is 12.9. The predicted molar refractivity (Wildman–Crippen MR) is 145 cm³/mol. The lowest BCUT2D eigenvalue weighted by Crippen LogP contribution is -2.34. The van der Waals surface area contributed by atoms with E-state index in [1.807, 2.05) is 24.0 Å². The molecule has 10 nitrogen and oxygen atoms in total. The van der Waals surface area contributed by atoms with E-state index in [4.69, 9.17) is 21.5 Å². The molecule has 0 bridgehead atoms. The van der Waals surface area contributed by atoms with Crippen molar-refractivity contribution in [3.63, 3.8) is 0 Å². The van der Waals surface area contributed by atoms with Crippen LogP contribution in [0.1, 0.15) is 33.5 Å². The molecule has 2 aromatic carbocycles. The Balaban J connectivity index is 0.000000587. The van der Waals surface area contributed by atoms with Crippen LogP contribution < -0.4 is 5.32 Å². The summed E-state index contributed by atoms with van der Waals surface area (Å²) in [6, 6.07) is 8.42. The van der Waals surface area contributed by atoms with E-state index in [0.717, 1.165) is 18.7 Å². The topological polar surface area (TPSA) is 133 Å². The van der Waals surface area contributed by atoms with Gasteiger partial charge in [-0.05, 0) is 61.4 Å². The lowest BCUT2D eigenvalue weighted by Gasteiger charge is -2.23. The molecule has 41 heavy (non-hydrogen) atoms. The zero-order valence-electron chi connectivity index (χ0n) is 22.6. The third kappa shape index (κ3) is 8.17. The number of halogens is 4. The van der Waals surface area contributed by atoms with Crippen molar-refractivity contribution in [2.75, 3.05) is 38.0 Å². The Kier molecular flexibility index (Phi) is 9.98. The molecule has 4 rings (SSSR count).